The number of hydrogen-bond donors (Lipinski definition) is 1. The fourth-order valence-electron chi connectivity index (χ4n) is 6.74. The smallest absolute Gasteiger partial charge is 0.355 e. The Balaban J connectivity index is 1.41. The first kappa shape index (κ1) is 21.9. The van der Waals surface area contributed by atoms with E-state index in [-0.39, 0.29) is 36.1 Å². The fraction of sp³-hybridized carbons (Fsp3) is 0.560. The number of carbonyl (C=O) groups excluding carboxylic acids is 3. The molecule has 1 N–H and O–H groups in total. The first-order valence-electron chi connectivity index (χ1n) is 11.6. The number of amides is 1. The first-order chi connectivity index (χ1) is 15.9. The number of esters is 2. The summed E-state index contributed by atoms with van der Waals surface area (Å²) in [7, 11) is 2.51. The number of carbonyl (C=O) groups is 3. The Kier molecular flexibility index (Phi) is 5.64. The van der Waals surface area contributed by atoms with Gasteiger partial charge in [0.05, 0.1) is 26.4 Å². The lowest BCUT2D eigenvalue weighted by molar-refractivity contribution is -0.140. The fourth-order valence-corrected chi connectivity index (χ4v) is 6.74. The van der Waals surface area contributed by atoms with Gasteiger partial charge < -0.3 is 24.4 Å². The lowest BCUT2D eigenvalue weighted by Crippen LogP contribution is -2.59. The minimum Gasteiger partial charge on any atom is -0.466 e. The molecule has 4 saturated carbocycles. The molecule has 0 unspecified atom stereocenters. The number of hydrogen-bond acceptors (Lipinski definition) is 7. The number of ether oxygens (including phenoxy) is 3. The quantitative estimate of drug-likeness (QED) is 0.684. The zero-order chi connectivity index (χ0) is 23.2. The Morgan fingerprint density at radius 2 is 1.64 bits per heavy atom. The predicted molar refractivity (Wildman–Crippen MR) is 119 cm³/mol. The van der Waals surface area contributed by atoms with Crippen molar-refractivity contribution in [2.75, 3.05) is 32.5 Å². The summed E-state index contributed by atoms with van der Waals surface area (Å²) >= 11 is 0. The largest absolute Gasteiger partial charge is 0.466 e. The lowest BCUT2D eigenvalue weighted by Gasteiger charge is -2.56. The second kappa shape index (κ2) is 8.48. The van der Waals surface area contributed by atoms with Gasteiger partial charge in [-0.2, -0.15) is 0 Å². The molecule has 5 aliphatic rings. The summed E-state index contributed by atoms with van der Waals surface area (Å²) in [6.45, 7) is -0.00915. The SMILES string of the molecule is COC(=O)C1=C(C(=O)OC)N(c2cccc(C(=O)NC34CC5CC(CC(C5)C3)C4)c2)COC1. The maximum absolute atomic E-state index is 13.3. The van der Waals surface area contributed by atoms with Crippen LogP contribution in [-0.2, 0) is 23.8 Å². The van der Waals surface area contributed by atoms with Crippen molar-refractivity contribution in [3.05, 3.63) is 41.1 Å². The average molecular weight is 455 g/mol. The number of rotatable bonds is 5. The third-order valence-electron chi connectivity index (χ3n) is 7.67. The van der Waals surface area contributed by atoms with Crippen molar-refractivity contribution in [2.45, 2.75) is 44.1 Å². The summed E-state index contributed by atoms with van der Waals surface area (Å²) in [5, 5.41) is 3.39. The van der Waals surface area contributed by atoms with Gasteiger partial charge in [-0.3, -0.25) is 4.79 Å². The highest BCUT2D eigenvalue weighted by molar-refractivity contribution is 6.04. The van der Waals surface area contributed by atoms with E-state index in [9.17, 15) is 14.4 Å². The van der Waals surface area contributed by atoms with E-state index in [0.29, 0.717) is 11.3 Å². The summed E-state index contributed by atoms with van der Waals surface area (Å²) in [4.78, 5) is 39.7. The monoisotopic (exact) mass is 454 g/mol. The molecular weight excluding hydrogens is 424 g/mol. The molecule has 1 amide bonds. The second-order valence-corrected chi connectivity index (χ2v) is 9.92. The number of nitrogens with one attached hydrogen (secondary N) is 1. The molecule has 0 saturated heterocycles. The molecule has 176 valence electrons. The molecule has 8 nitrogen and oxygen atoms in total. The van der Waals surface area contributed by atoms with Crippen LogP contribution in [0.1, 0.15) is 48.9 Å². The van der Waals surface area contributed by atoms with Gasteiger partial charge in [0.15, 0.2) is 0 Å². The normalized spacial score (nSPS) is 30.2. The van der Waals surface area contributed by atoms with E-state index in [1.54, 1.807) is 29.2 Å². The maximum Gasteiger partial charge on any atom is 0.355 e. The summed E-state index contributed by atoms with van der Waals surface area (Å²) in [5.41, 5.74) is 1.13. The molecule has 1 aromatic rings. The zero-order valence-corrected chi connectivity index (χ0v) is 19.1. The van der Waals surface area contributed by atoms with E-state index in [1.165, 1.54) is 33.5 Å². The van der Waals surface area contributed by atoms with Crippen LogP contribution in [0.4, 0.5) is 5.69 Å². The first-order valence-corrected chi connectivity index (χ1v) is 11.6. The van der Waals surface area contributed by atoms with Gasteiger partial charge in [-0.05, 0) is 74.5 Å². The van der Waals surface area contributed by atoms with Gasteiger partial charge in [0.1, 0.15) is 12.4 Å². The van der Waals surface area contributed by atoms with Gasteiger partial charge in [-0.1, -0.05) is 6.07 Å². The highest BCUT2D eigenvalue weighted by atomic mass is 16.5. The van der Waals surface area contributed by atoms with Gasteiger partial charge in [-0.25, -0.2) is 9.59 Å². The van der Waals surface area contributed by atoms with Gasteiger partial charge in [-0.15, -0.1) is 0 Å². The van der Waals surface area contributed by atoms with Gasteiger partial charge in [0.25, 0.3) is 5.91 Å². The average Bonchev–Trinajstić information content (AvgIpc) is 2.81. The molecule has 4 fully saturated rings. The molecule has 0 spiro atoms. The number of methoxy groups -OCH3 is 2. The van der Waals surface area contributed by atoms with Crippen LogP contribution in [0.3, 0.4) is 0 Å². The van der Waals surface area contributed by atoms with Gasteiger partial charge in [0.2, 0.25) is 0 Å². The molecule has 0 aromatic heterocycles. The molecule has 4 aliphatic carbocycles. The van der Waals surface area contributed by atoms with Crippen LogP contribution < -0.4 is 10.2 Å². The van der Waals surface area contributed by atoms with E-state index >= 15 is 0 Å². The van der Waals surface area contributed by atoms with E-state index in [4.69, 9.17) is 14.2 Å². The van der Waals surface area contributed by atoms with E-state index < -0.39 is 11.9 Å². The predicted octanol–water partition coefficient (Wildman–Crippen LogP) is 2.78. The molecule has 1 aromatic carbocycles. The van der Waals surface area contributed by atoms with Crippen molar-refractivity contribution in [1.29, 1.82) is 0 Å². The highest BCUT2D eigenvalue weighted by Gasteiger charge is 2.51. The summed E-state index contributed by atoms with van der Waals surface area (Å²) in [6.07, 6.45) is 7.15. The van der Waals surface area contributed by atoms with Crippen molar-refractivity contribution in [3.8, 4) is 0 Å². The Hall–Kier alpha value is -2.87. The Morgan fingerprint density at radius 3 is 2.24 bits per heavy atom. The van der Waals surface area contributed by atoms with E-state index in [0.717, 1.165) is 37.0 Å². The summed E-state index contributed by atoms with van der Waals surface area (Å²) in [6, 6.07) is 7.04. The van der Waals surface area contributed by atoms with Gasteiger partial charge in [0, 0.05) is 16.8 Å². The van der Waals surface area contributed by atoms with Crippen LogP contribution in [0.15, 0.2) is 35.5 Å². The minimum absolute atomic E-state index is 0.0466. The van der Waals surface area contributed by atoms with Crippen molar-refractivity contribution in [2.24, 2.45) is 17.8 Å². The highest BCUT2D eigenvalue weighted by Crippen LogP contribution is 2.55. The van der Waals surface area contributed by atoms with Crippen LogP contribution >= 0.6 is 0 Å². The molecule has 4 bridgehead atoms. The molecule has 8 heteroatoms. The van der Waals surface area contributed by atoms with Gasteiger partial charge >= 0.3 is 11.9 Å². The third kappa shape index (κ3) is 4.01. The Labute approximate surface area is 193 Å². The lowest BCUT2D eigenvalue weighted by atomic mass is 9.53. The summed E-state index contributed by atoms with van der Waals surface area (Å²) < 4.78 is 15.3. The molecule has 1 aliphatic heterocycles. The van der Waals surface area contributed by atoms with Crippen LogP contribution in [0.2, 0.25) is 0 Å². The topological polar surface area (TPSA) is 94.2 Å². The van der Waals surface area contributed by atoms with Crippen molar-refractivity contribution in [1.82, 2.24) is 5.32 Å². The summed E-state index contributed by atoms with van der Waals surface area (Å²) in [5.74, 6) is 0.778. The van der Waals surface area contributed by atoms with E-state index in [2.05, 4.69) is 5.32 Å². The van der Waals surface area contributed by atoms with Crippen LogP contribution in [-0.4, -0.2) is 50.9 Å². The van der Waals surface area contributed by atoms with Crippen LogP contribution in [0.5, 0.6) is 0 Å². The number of benzene rings is 1. The minimum atomic E-state index is -0.665. The molecule has 33 heavy (non-hydrogen) atoms. The number of nitrogens with zero attached hydrogens (tertiary/aromatic N) is 1. The molecule has 0 radical (unpaired) electrons. The third-order valence-corrected chi connectivity index (χ3v) is 7.67. The Morgan fingerprint density at radius 1 is 1.00 bits per heavy atom. The molecule has 0 atom stereocenters. The van der Waals surface area contributed by atoms with E-state index in [1.807, 2.05) is 0 Å². The standard InChI is InChI=1S/C25H30N2O6/c1-31-23(29)20-13-33-14-27(21(20)24(30)32-2)19-5-3-4-18(9-19)22(28)26-25-10-15-6-16(11-25)8-17(7-15)12-25/h3-5,9,15-17H,6-8,10-14H2,1-2H3,(H,26,28). The van der Waals surface area contributed by atoms with Crippen molar-refractivity contribution >= 4 is 23.5 Å². The van der Waals surface area contributed by atoms with Crippen molar-refractivity contribution < 1.29 is 28.6 Å². The second-order valence-electron chi connectivity index (χ2n) is 9.92. The van der Waals surface area contributed by atoms with Crippen LogP contribution in [0.25, 0.3) is 0 Å². The molecular formula is C25H30N2O6. The molecule has 6 rings (SSSR count). The zero-order valence-electron chi connectivity index (χ0n) is 19.1. The maximum atomic E-state index is 13.3. The Bertz CT molecular complexity index is 981. The van der Waals surface area contributed by atoms with Crippen molar-refractivity contribution in [3.63, 3.8) is 0 Å². The number of anilines is 1. The van der Waals surface area contributed by atoms with Crippen LogP contribution in [0, 0.1) is 17.8 Å². The molecule has 1 heterocycles.